The summed E-state index contributed by atoms with van der Waals surface area (Å²) >= 11 is 0. The molecule has 0 fully saturated rings. The van der Waals surface area contributed by atoms with Crippen LogP contribution in [0.15, 0.2) is 53.7 Å². The van der Waals surface area contributed by atoms with Gasteiger partial charge >= 0.3 is 6.18 Å². The number of amides is 1. The van der Waals surface area contributed by atoms with Crippen LogP contribution in [0.5, 0.6) is 0 Å². The van der Waals surface area contributed by atoms with Crippen molar-refractivity contribution in [1.29, 1.82) is 0 Å². The smallest absolute Gasteiger partial charge is 0.390 e. The molecule has 1 atom stereocenters. The van der Waals surface area contributed by atoms with E-state index in [2.05, 4.69) is 5.16 Å². The monoisotopic (exact) mass is 422 g/mol. The Morgan fingerprint density at radius 1 is 1.20 bits per heavy atom. The summed E-state index contributed by atoms with van der Waals surface area (Å²) in [5.74, 6) is -0.870. The van der Waals surface area contributed by atoms with Crippen LogP contribution in [-0.4, -0.2) is 29.2 Å². The van der Waals surface area contributed by atoms with Crippen molar-refractivity contribution in [1.82, 2.24) is 4.90 Å². The first kappa shape index (κ1) is 21.8. The van der Waals surface area contributed by atoms with E-state index in [1.165, 1.54) is 23.1 Å². The van der Waals surface area contributed by atoms with Crippen LogP contribution in [0.1, 0.15) is 37.0 Å². The van der Waals surface area contributed by atoms with Gasteiger partial charge in [0.1, 0.15) is 5.82 Å². The van der Waals surface area contributed by atoms with Crippen molar-refractivity contribution in [3.05, 3.63) is 71.0 Å². The number of alkyl halides is 3. The Labute approximate surface area is 172 Å². The molecule has 0 saturated carbocycles. The molecular formula is C22H22F4N2O2. The highest BCUT2D eigenvalue weighted by atomic mass is 19.4. The van der Waals surface area contributed by atoms with Crippen LogP contribution in [0.25, 0.3) is 0 Å². The molecule has 0 radical (unpaired) electrons. The average Bonchev–Trinajstić information content (AvgIpc) is 3.15. The van der Waals surface area contributed by atoms with Gasteiger partial charge in [0.05, 0.1) is 17.8 Å². The third-order valence-corrected chi connectivity index (χ3v) is 4.77. The van der Waals surface area contributed by atoms with Crippen LogP contribution in [0.3, 0.4) is 0 Å². The second kappa shape index (κ2) is 8.85. The van der Waals surface area contributed by atoms with Crippen LogP contribution in [0.4, 0.5) is 17.6 Å². The molecule has 0 aliphatic carbocycles. The summed E-state index contributed by atoms with van der Waals surface area (Å²) in [6.07, 6.45) is -4.47. The molecule has 1 unspecified atom stereocenters. The minimum atomic E-state index is -4.45. The lowest BCUT2D eigenvalue weighted by atomic mass is 10.0. The Balaban J connectivity index is 1.71. The van der Waals surface area contributed by atoms with E-state index in [4.69, 9.17) is 4.84 Å². The standard InChI is InChI=1S/C22H22F4N2O2/c1-14(2)21(29)28(12-15-4-3-5-17(10-15)22(24,25)26)13-19-11-20(27-30-19)16-6-8-18(23)9-7-16/h3-10,14,19H,11-13H2,1-2H3. The molecule has 1 aliphatic rings. The molecule has 3 rings (SSSR count). The van der Waals surface area contributed by atoms with Crippen LogP contribution in [-0.2, 0) is 22.4 Å². The molecule has 0 spiro atoms. The van der Waals surface area contributed by atoms with Crippen molar-refractivity contribution < 1.29 is 27.2 Å². The number of oxime groups is 1. The highest BCUT2D eigenvalue weighted by Gasteiger charge is 2.31. The molecule has 1 aliphatic heterocycles. The number of rotatable bonds is 6. The number of hydrogen-bond acceptors (Lipinski definition) is 3. The van der Waals surface area contributed by atoms with Crippen LogP contribution >= 0.6 is 0 Å². The molecular weight excluding hydrogens is 400 g/mol. The molecule has 2 aromatic rings. The Kier molecular flexibility index (Phi) is 6.43. The maximum Gasteiger partial charge on any atom is 0.416 e. The number of carbonyl (C=O) groups excluding carboxylic acids is 1. The van der Waals surface area contributed by atoms with Crippen LogP contribution in [0, 0.1) is 11.7 Å². The molecule has 30 heavy (non-hydrogen) atoms. The molecule has 0 saturated heterocycles. The fraction of sp³-hybridized carbons (Fsp3) is 0.364. The van der Waals surface area contributed by atoms with E-state index in [9.17, 15) is 22.4 Å². The molecule has 2 aromatic carbocycles. The molecule has 0 bridgehead atoms. The number of hydrogen-bond donors (Lipinski definition) is 0. The Bertz CT molecular complexity index is 923. The Morgan fingerprint density at radius 2 is 1.90 bits per heavy atom. The van der Waals surface area contributed by atoms with Crippen molar-refractivity contribution in [3.63, 3.8) is 0 Å². The van der Waals surface area contributed by atoms with E-state index in [0.717, 1.165) is 17.7 Å². The predicted octanol–water partition coefficient (Wildman–Crippen LogP) is 5.02. The van der Waals surface area contributed by atoms with E-state index in [1.54, 1.807) is 32.0 Å². The number of halogens is 4. The van der Waals surface area contributed by atoms with Crippen molar-refractivity contribution in [2.75, 3.05) is 6.54 Å². The number of nitrogens with zero attached hydrogens (tertiary/aromatic N) is 2. The third kappa shape index (κ3) is 5.37. The van der Waals surface area contributed by atoms with E-state index >= 15 is 0 Å². The van der Waals surface area contributed by atoms with Gasteiger partial charge in [-0.25, -0.2) is 4.39 Å². The maximum absolute atomic E-state index is 13.1. The molecule has 8 heteroatoms. The molecule has 1 amide bonds. The summed E-state index contributed by atoms with van der Waals surface area (Å²) < 4.78 is 52.1. The van der Waals surface area contributed by atoms with Crippen molar-refractivity contribution in [2.45, 2.75) is 39.1 Å². The zero-order valence-corrected chi connectivity index (χ0v) is 16.6. The zero-order chi connectivity index (χ0) is 21.9. The fourth-order valence-corrected chi connectivity index (χ4v) is 3.25. The lowest BCUT2D eigenvalue weighted by molar-refractivity contribution is -0.137. The van der Waals surface area contributed by atoms with Gasteiger partial charge in [0.15, 0.2) is 6.10 Å². The van der Waals surface area contributed by atoms with Crippen LogP contribution in [0.2, 0.25) is 0 Å². The fourth-order valence-electron chi connectivity index (χ4n) is 3.25. The van der Waals surface area contributed by atoms with Crippen LogP contribution < -0.4 is 0 Å². The quantitative estimate of drug-likeness (QED) is 0.614. The first-order chi connectivity index (χ1) is 14.1. The minimum Gasteiger partial charge on any atom is -0.390 e. The lowest BCUT2D eigenvalue weighted by Gasteiger charge is -2.27. The van der Waals surface area contributed by atoms with Crippen molar-refractivity contribution >= 4 is 11.6 Å². The van der Waals surface area contributed by atoms with Crippen molar-refractivity contribution in [3.8, 4) is 0 Å². The predicted molar refractivity (Wildman–Crippen MR) is 104 cm³/mol. The molecule has 160 valence electrons. The molecule has 4 nitrogen and oxygen atoms in total. The first-order valence-electron chi connectivity index (χ1n) is 9.57. The van der Waals surface area contributed by atoms with Gasteiger partial charge in [0.2, 0.25) is 5.91 Å². The maximum atomic E-state index is 13.1. The molecule has 0 aromatic heterocycles. The van der Waals surface area contributed by atoms with Gasteiger partial charge in [-0.15, -0.1) is 0 Å². The number of carbonyl (C=O) groups is 1. The lowest BCUT2D eigenvalue weighted by Crippen LogP contribution is -2.39. The summed E-state index contributed by atoms with van der Waals surface area (Å²) in [4.78, 5) is 19.6. The highest BCUT2D eigenvalue weighted by Crippen LogP contribution is 2.30. The van der Waals surface area contributed by atoms with Gasteiger partial charge in [0, 0.05) is 18.9 Å². The average molecular weight is 422 g/mol. The van der Waals surface area contributed by atoms with E-state index < -0.39 is 17.8 Å². The van der Waals surface area contributed by atoms with Crippen molar-refractivity contribution in [2.24, 2.45) is 11.1 Å². The molecule has 1 heterocycles. The van der Waals surface area contributed by atoms with E-state index in [-0.39, 0.29) is 30.7 Å². The summed E-state index contributed by atoms with van der Waals surface area (Å²) in [5, 5.41) is 4.04. The topological polar surface area (TPSA) is 41.9 Å². The van der Waals surface area contributed by atoms with E-state index in [0.29, 0.717) is 17.7 Å². The van der Waals surface area contributed by atoms with Gasteiger partial charge in [-0.05, 0) is 35.4 Å². The van der Waals surface area contributed by atoms with Gasteiger partial charge < -0.3 is 9.74 Å². The minimum absolute atomic E-state index is 0.0344. The van der Waals surface area contributed by atoms with E-state index in [1.807, 2.05) is 0 Å². The largest absolute Gasteiger partial charge is 0.416 e. The zero-order valence-electron chi connectivity index (χ0n) is 16.6. The Morgan fingerprint density at radius 3 is 2.53 bits per heavy atom. The van der Waals surface area contributed by atoms with Gasteiger partial charge in [-0.1, -0.05) is 43.3 Å². The highest BCUT2D eigenvalue weighted by molar-refractivity contribution is 6.01. The summed E-state index contributed by atoms with van der Waals surface area (Å²) in [6.45, 7) is 3.68. The first-order valence-corrected chi connectivity index (χ1v) is 9.57. The molecule has 0 N–H and O–H groups in total. The Hall–Kier alpha value is -2.90. The normalized spacial score (nSPS) is 16.4. The summed E-state index contributed by atoms with van der Waals surface area (Å²) in [7, 11) is 0. The van der Waals surface area contributed by atoms with Gasteiger partial charge in [-0.3, -0.25) is 4.79 Å². The second-order valence-corrected chi connectivity index (χ2v) is 7.55. The van der Waals surface area contributed by atoms with Gasteiger partial charge in [-0.2, -0.15) is 13.2 Å². The number of benzene rings is 2. The SMILES string of the molecule is CC(C)C(=O)N(Cc1cccc(C(F)(F)F)c1)CC1CC(c2ccc(F)cc2)=NO1. The van der Waals surface area contributed by atoms with Gasteiger partial charge in [0.25, 0.3) is 0 Å². The summed E-state index contributed by atoms with van der Waals surface area (Å²) in [5.41, 5.74) is 0.988. The third-order valence-electron chi connectivity index (χ3n) is 4.77. The second-order valence-electron chi connectivity index (χ2n) is 7.55. The summed E-state index contributed by atoms with van der Waals surface area (Å²) in [6, 6.07) is 10.8.